The fraction of sp³-hybridized carbons (Fsp3) is 0.143. The molecule has 1 unspecified atom stereocenters. The molecule has 1 atom stereocenters. The summed E-state index contributed by atoms with van der Waals surface area (Å²) in [6.45, 7) is 1.65. The Bertz CT molecular complexity index is 655. The molecule has 0 fully saturated rings. The molecule has 0 aliphatic rings. The zero-order valence-electron chi connectivity index (χ0n) is 11.0. The highest BCUT2D eigenvalue weighted by atomic mass is 79.9. The van der Waals surface area contributed by atoms with Crippen molar-refractivity contribution in [1.29, 1.82) is 0 Å². The Morgan fingerprint density at radius 3 is 2.33 bits per heavy atom. The van der Waals surface area contributed by atoms with Crippen LogP contribution >= 0.6 is 43.2 Å². The van der Waals surface area contributed by atoms with Crippen molar-refractivity contribution in [1.82, 2.24) is 5.32 Å². The number of thiophene rings is 1. The molecule has 0 radical (unpaired) electrons. The Morgan fingerprint density at radius 2 is 1.76 bits per heavy atom. The number of nitrogens with one attached hydrogen (secondary N) is 2. The molecule has 0 aliphatic heterocycles. The first kappa shape index (κ1) is 16.2. The Labute approximate surface area is 143 Å². The molecule has 1 heterocycles. The number of amides is 2. The molecule has 110 valence electrons. The van der Waals surface area contributed by atoms with Crippen molar-refractivity contribution in [3.8, 4) is 0 Å². The smallest absolute Gasteiger partial charge is 0.262 e. The van der Waals surface area contributed by atoms with Crippen molar-refractivity contribution in [3.05, 3.63) is 49.5 Å². The number of anilines is 1. The molecule has 2 amide bonds. The number of carbonyl (C=O) groups excluding carboxylic acids is 2. The van der Waals surface area contributed by atoms with E-state index >= 15 is 0 Å². The summed E-state index contributed by atoms with van der Waals surface area (Å²) in [5.74, 6) is -0.523. The topological polar surface area (TPSA) is 58.2 Å². The fourth-order valence-electron chi connectivity index (χ4n) is 1.55. The van der Waals surface area contributed by atoms with E-state index in [0.29, 0.717) is 10.6 Å². The predicted octanol–water partition coefficient (Wildman–Crippen LogP) is 4.03. The highest BCUT2D eigenvalue weighted by molar-refractivity contribution is 9.11. The maximum atomic E-state index is 12.0. The summed E-state index contributed by atoms with van der Waals surface area (Å²) in [5, 5.41) is 5.42. The van der Waals surface area contributed by atoms with Crippen molar-refractivity contribution in [2.24, 2.45) is 0 Å². The van der Waals surface area contributed by atoms with Crippen molar-refractivity contribution < 1.29 is 9.59 Å². The van der Waals surface area contributed by atoms with Gasteiger partial charge in [-0.2, -0.15) is 0 Å². The van der Waals surface area contributed by atoms with Crippen LogP contribution in [-0.2, 0) is 4.79 Å². The average molecular weight is 432 g/mol. The van der Waals surface area contributed by atoms with Gasteiger partial charge in [-0.05, 0) is 59.3 Å². The summed E-state index contributed by atoms with van der Waals surface area (Å²) in [5.41, 5.74) is 0.683. The predicted molar refractivity (Wildman–Crippen MR) is 91.7 cm³/mol. The van der Waals surface area contributed by atoms with Crippen LogP contribution in [0.4, 0.5) is 5.69 Å². The van der Waals surface area contributed by atoms with Gasteiger partial charge in [0.05, 0.1) is 8.66 Å². The van der Waals surface area contributed by atoms with E-state index in [1.165, 1.54) is 11.3 Å². The summed E-state index contributed by atoms with van der Waals surface area (Å²) < 4.78 is 1.81. The summed E-state index contributed by atoms with van der Waals surface area (Å²) in [6.07, 6.45) is 0. The molecule has 1 aromatic carbocycles. The third-order valence-corrected chi connectivity index (χ3v) is 4.80. The Hall–Kier alpha value is -1.18. The third-order valence-electron chi connectivity index (χ3n) is 2.65. The minimum Gasteiger partial charge on any atom is -0.340 e. The molecule has 0 bridgehead atoms. The zero-order chi connectivity index (χ0) is 15.4. The third kappa shape index (κ3) is 4.66. The first-order valence-electron chi connectivity index (χ1n) is 6.08. The summed E-state index contributed by atoms with van der Waals surface area (Å²) in [7, 11) is 0. The molecule has 0 saturated heterocycles. The van der Waals surface area contributed by atoms with Gasteiger partial charge in [-0.3, -0.25) is 9.59 Å². The maximum absolute atomic E-state index is 12.0. The first-order chi connectivity index (χ1) is 9.95. The van der Waals surface area contributed by atoms with Crippen LogP contribution < -0.4 is 10.6 Å². The SMILES string of the molecule is CC(NC(=O)c1ccc(Br)s1)C(=O)Nc1ccc(Br)cc1. The van der Waals surface area contributed by atoms with E-state index in [-0.39, 0.29) is 11.8 Å². The standard InChI is InChI=1S/C14H12Br2N2O2S/c1-8(17-14(20)11-6-7-12(16)21-11)13(19)18-10-4-2-9(15)3-5-10/h2-8H,1H3,(H,17,20)(H,18,19). The molecule has 7 heteroatoms. The van der Waals surface area contributed by atoms with Gasteiger partial charge in [-0.25, -0.2) is 0 Å². The lowest BCUT2D eigenvalue weighted by Crippen LogP contribution is -2.41. The Balaban J connectivity index is 1.93. The maximum Gasteiger partial charge on any atom is 0.262 e. The zero-order valence-corrected chi connectivity index (χ0v) is 15.0. The van der Waals surface area contributed by atoms with Gasteiger partial charge >= 0.3 is 0 Å². The minimum absolute atomic E-state index is 0.260. The van der Waals surface area contributed by atoms with Crippen molar-refractivity contribution in [2.75, 3.05) is 5.32 Å². The van der Waals surface area contributed by atoms with Gasteiger partial charge in [0.25, 0.3) is 5.91 Å². The lowest BCUT2D eigenvalue weighted by Gasteiger charge is -2.13. The van der Waals surface area contributed by atoms with Crippen molar-refractivity contribution >= 4 is 60.7 Å². The first-order valence-corrected chi connectivity index (χ1v) is 8.48. The van der Waals surface area contributed by atoms with Gasteiger partial charge in [0, 0.05) is 10.2 Å². The van der Waals surface area contributed by atoms with Crippen LogP contribution in [0.25, 0.3) is 0 Å². The van der Waals surface area contributed by atoms with Gasteiger partial charge in [0.1, 0.15) is 6.04 Å². The van der Waals surface area contributed by atoms with Gasteiger partial charge in [-0.1, -0.05) is 15.9 Å². The minimum atomic E-state index is -0.623. The molecule has 4 nitrogen and oxygen atoms in total. The number of hydrogen-bond acceptors (Lipinski definition) is 3. The highest BCUT2D eigenvalue weighted by Gasteiger charge is 2.17. The molecule has 2 N–H and O–H groups in total. The van der Waals surface area contributed by atoms with E-state index in [9.17, 15) is 9.59 Å². The largest absolute Gasteiger partial charge is 0.340 e. The number of carbonyl (C=O) groups is 2. The number of benzene rings is 1. The molecular formula is C14H12Br2N2O2S. The van der Waals surface area contributed by atoms with E-state index in [1.807, 2.05) is 12.1 Å². The van der Waals surface area contributed by atoms with Crippen LogP contribution in [0.2, 0.25) is 0 Å². The van der Waals surface area contributed by atoms with Gasteiger partial charge in [0.2, 0.25) is 5.91 Å². The second-order valence-electron chi connectivity index (χ2n) is 4.30. The lowest BCUT2D eigenvalue weighted by molar-refractivity contribution is -0.117. The fourth-order valence-corrected chi connectivity index (χ4v) is 3.11. The molecule has 21 heavy (non-hydrogen) atoms. The monoisotopic (exact) mass is 430 g/mol. The van der Waals surface area contributed by atoms with Crippen LogP contribution in [0, 0.1) is 0 Å². The van der Waals surface area contributed by atoms with Crippen LogP contribution in [0.1, 0.15) is 16.6 Å². The van der Waals surface area contributed by atoms with E-state index < -0.39 is 6.04 Å². The Morgan fingerprint density at radius 1 is 1.10 bits per heavy atom. The van der Waals surface area contributed by atoms with Crippen molar-refractivity contribution in [2.45, 2.75) is 13.0 Å². The summed E-state index contributed by atoms with van der Waals surface area (Å²) >= 11 is 7.95. The van der Waals surface area contributed by atoms with Gasteiger partial charge in [0.15, 0.2) is 0 Å². The number of hydrogen-bond donors (Lipinski definition) is 2. The molecule has 0 aliphatic carbocycles. The van der Waals surface area contributed by atoms with Crippen LogP contribution in [-0.4, -0.2) is 17.9 Å². The second kappa shape index (κ2) is 7.20. The summed E-state index contributed by atoms with van der Waals surface area (Å²) in [4.78, 5) is 24.5. The van der Waals surface area contributed by atoms with E-state index in [4.69, 9.17) is 0 Å². The average Bonchev–Trinajstić information content (AvgIpc) is 2.88. The molecule has 2 aromatic rings. The lowest BCUT2D eigenvalue weighted by atomic mass is 10.2. The molecule has 1 aromatic heterocycles. The van der Waals surface area contributed by atoms with Crippen LogP contribution in [0.15, 0.2) is 44.7 Å². The quantitative estimate of drug-likeness (QED) is 0.767. The van der Waals surface area contributed by atoms with E-state index in [2.05, 4.69) is 42.5 Å². The van der Waals surface area contributed by atoms with Crippen LogP contribution in [0.5, 0.6) is 0 Å². The second-order valence-corrected chi connectivity index (χ2v) is 7.67. The summed E-state index contributed by atoms with van der Waals surface area (Å²) in [6, 6.07) is 10.1. The molecular weight excluding hydrogens is 420 g/mol. The van der Waals surface area contributed by atoms with Crippen LogP contribution in [0.3, 0.4) is 0 Å². The van der Waals surface area contributed by atoms with Gasteiger partial charge < -0.3 is 10.6 Å². The molecule has 0 saturated carbocycles. The highest BCUT2D eigenvalue weighted by Crippen LogP contribution is 2.22. The van der Waals surface area contributed by atoms with E-state index in [0.717, 1.165) is 8.26 Å². The van der Waals surface area contributed by atoms with E-state index in [1.54, 1.807) is 31.2 Å². The molecule has 2 rings (SSSR count). The molecule has 0 spiro atoms. The van der Waals surface area contributed by atoms with Crippen molar-refractivity contribution in [3.63, 3.8) is 0 Å². The Kier molecular flexibility index (Phi) is 5.55. The number of rotatable bonds is 4. The number of halogens is 2. The van der Waals surface area contributed by atoms with Gasteiger partial charge in [-0.15, -0.1) is 11.3 Å². The normalized spacial score (nSPS) is 11.8.